The van der Waals surface area contributed by atoms with Crippen molar-refractivity contribution in [2.75, 3.05) is 5.32 Å². The molecule has 138 valence electrons. The Morgan fingerprint density at radius 3 is 2.78 bits per heavy atom. The van der Waals surface area contributed by atoms with E-state index in [0.29, 0.717) is 35.7 Å². The molecule has 2 aliphatic carbocycles. The second-order valence-corrected chi connectivity index (χ2v) is 8.02. The minimum Gasteiger partial charge on any atom is -0.507 e. The molecule has 2 heterocycles. The normalized spacial score (nSPS) is 23.9. The molecule has 0 unspecified atom stereocenters. The van der Waals surface area contributed by atoms with Gasteiger partial charge in [0.1, 0.15) is 11.4 Å². The number of nitrogens with zero attached hydrogens (tertiary/aromatic N) is 3. The quantitative estimate of drug-likeness (QED) is 0.663. The summed E-state index contributed by atoms with van der Waals surface area (Å²) >= 11 is 0. The standard InChI is InChI=1S/C21H22N4O2/c1-21(27)9-13(10-21)23-20-15-7-8-22-11-17(15)18(24-25-20)16-6-5-12-3-2-4-14(12)19(16)26/h5-8,11,13,26-27H,2-4,9-10H2,1H3,(H,23,25). The van der Waals surface area contributed by atoms with Crippen LogP contribution in [0, 0.1) is 0 Å². The predicted molar refractivity (Wildman–Crippen MR) is 104 cm³/mol. The summed E-state index contributed by atoms with van der Waals surface area (Å²) in [5.41, 5.74) is 3.02. The number of rotatable bonds is 3. The molecule has 0 radical (unpaired) electrons. The van der Waals surface area contributed by atoms with E-state index in [9.17, 15) is 10.2 Å². The highest BCUT2D eigenvalue weighted by Crippen LogP contribution is 2.41. The van der Waals surface area contributed by atoms with Gasteiger partial charge in [-0.05, 0) is 62.3 Å². The molecule has 0 amide bonds. The fourth-order valence-electron chi connectivity index (χ4n) is 4.44. The van der Waals surface area contributed by atoms with Crippen LogP contribution in [0.3, 0.4) is 0 Å². The Balaban J connectivity index is 1.58. The van der Waals surface area contributed by atoms with E-state index >= 15 is 0 Å². The van der Waals surface area contributed by atoms with Crippen LogP contribution in [0.15, 0.2) is 30.6 Å². The lowest BCUT2D eigenvalue weighted by Crippen LogP contribution is -2.48. The highest BCUT2D eigenvalue weighted by molar-refractivity contribution is 6.00. The van der Waals surface area contributed by atoms with Crippen LogP contribution in [0.1, 0.15) is 37.3 Å². The van der Waals surface area contributed by atoms with Crippen LogP contribution in [0.4, 0.5) is 5.82 Å². The summed E-state index contributed by atoms with van der Waals surface area (Å²) in [5, 5.41) is 34.8. The van der Waals surface area contributed by atoms with Gasteiger partial charge in [0.2, 0.25) is 0 Å². The van der Waals surface area contributed by atoms with Crippen LogP contribution >= 0.6 is 0 Å². The number of aryl methyl sites for hydroxylation is 1. The number of phenols is 1. The molecule has 0 bridgehead atoms. The molecule has 1 saturated carbocycles. The van der Waals surface area contributed by atoms with Gasteiger partial charge in [0.05, 0.1) is 5.60 Å². The molecule has 3 aromatic rings. The number of anilines is 1. The van der Waals surface area contributed by atoms with Gasteiger partial charge in [0.15, 0.2) is 5.82 Å². The second kappa shape index (κ2) is 5.89. The van der Waals surface area contributed by atoms with Gasteiger partial charge in [-0.15, -0.1) is 10.2 Å². The van der Waals surface area contributed by atoms with Crippen molar-refractivity contribution in [2.24, 2.45) is 0 Å². The van der Waals surface area contributed by atoms with Gasteiger partial charge in [-0.25, -0.2) is 0 Å². The van der Waals surface area contributed by atoms with Gasteiger partial charge >= 0.3 is 0 Å². The molecule has 1 fully saturated rings. The molecule has 0 aliphatic heterocycles. The maximum atomic E-state index is 10.8. The topological polar surface area (TPSA) is 91.2 Å². The summed E-state index contributed by atoms with van der Waals surface area (Å²) in [4.78, 5) is 4.26. The van der Waals surface area contributed by atoms with E-state index in [1.807, 2.05) is 19.1 Å². The number of pyridine rings is 1. The number of phenolic OH excluding ortho intramolecular Hbond substituents is 1. The summed E-state index contributed by atoms with van der Waals surface area (Å²) in [6, 6.07) is 6.12. The molecule has 0 atom stereocenters. The molecular weight excluding hydrogens is 340 g/mol. The first-order chi connectivity index (χ1) is 13.0. The number of aromatic hydroxyl groups is 1. The first kappa shape index (κ1) is 16.4. The Hall–Kier alpha value is -2.73. The van der Waals surface area contributed by atoms with E-state index in [0.717, 1.165) is 35.6 Å². The van der Waals surface area contributed by atoms with Crippen molar-refractivity contribution >= 4 is 16.6 Å². The zero-order valence-electron chi connectivity index (χ0n) is 15.2. The fourth-order valence-corrected chi connectivity index (χ4v) is 4.44. The second-order valence-electron chi connectivity index (χ2n) is 8.02. The molecule has 6 heteroatoms. The molecule has 27 heavy (non-hydrogen) atoms. The molecule has 2 aliphatic rings. The number of benzene rings is 1. The summed E-state index contributed by atoms with van der Waals surface area (Å²) in [5.74, 6) is 1.01. The Morgan fingerprint density at radius 1 is 1.11 bits per heavy atom. The minimum atomic E-state index is -0.599. The molecule has 6 nitrogen and oxygen atoms in total. The lowest BCUT2D eigenvalue weighted by atomic mass is 9.77. The van der Waals surface area contributed by atoms with Crippen molar-refractivity contribution in [3.63, 3.8) is 0 Å². The van der Waals surface area contributed by atoms with Crippen LogP contribution in [-0.4, -0.2) is 37.0 Å². The van der Waals surface area contributed by atoms with Crippen molar-refractivity contribution in [1.82, 2.24) is 15.2 Å². The van der Waals surface area contributed by atoms with Crippen LogP contribution in [0.25, 0.3) is 22.0 Å². The molecular formula is C21H22N4O2. The zero-order valence-corrected chi connectivity index (χ0v) is 15.2. The Labute approximate surface area is 157 Å². The van der Waals surface area contributed by atoms with Crippen molar-refractivity contribution in [1.29, 1.82) is 0 Å². The molecule has 2 aromatic heterocycles. The summed E-state index contributed by atoms with van der Waals surface area (Å²) in [6.07, 6.45) is 7.88. The van der Waals surface area contributed by atoms with Crippen LogP contribution in [0.2, 0.25) is 0 Å². The van der Waals surface area contributed by atoms with Gasteiger partial charge < -0.3 is 15.5 Å². The van der Waals surface area contributed by atoms with Crippen molar-refractivity contribution in [3.05, 3.63) is 41.7 Å². The van der Waals surface area contributed by atoms with Crippen LogP contribution in [0.5, 0.6) is 5.75 Å². The number of hydrogen-bond donors (Lipinski definition) is 3. The minimum absolute atomic E-state index is 0.185. The molecule has 3 N–H and O–H groups in total. The maximum Gasteiger partial charge on any atom is 0.156 e. The van der Waals surface area contributed by atoms with E-state index in [1.54, 1.807) is 12.4 Å². The van der Waals surface area contributed by atoms with E-state index in [1.165, 1.54) is 5.56 Å². The number of aromatic nitrogens is 3. The molecule has 1 aromatic carbocycles. The monoisotopic (exact) mass is 362 g/mol. The number of nitrogens with one attached hydrogen (secondary N) is 1. The van der Waals surface area contributed by atoms with E-state index in [-0.39, 0.29) is 6.04 Å². The predicted octanol–water partition coefficient (Wildman–Crippen LogP) is 3.21. The highest BCUT2D eigenvalue weighted by Gasteiger charge is 2.38. The number of fused-ring (bicyclic) bond motifs is 2. The van der Waals surface area contributed by atoms with Gasteiger partial charge in [-0.1, -0.05) is 6.07 Å². The van der Waals surface area contributed by atoms with E-state index in [4.69, 9.17) is 0 Å². The Morgan fingerprint density at radius 2 is 1.96 bits per heavy atom. The average Bonchev–Trinajstić information content (AvgIpc) is 3.11. The summed E-state index contributed by atoms with van der Waals surface area (Å²) < 4.78 is 0. The van der Waals surface area contributed by atoms with E-state index < -0.39 is 5.60 Å². The first-order valence-corrected chi connectivity index (χ1v) is 9.45. The number of aliphatic hydroxyl groups is 1. The third-order valence-electron chi connectivity index (χ3n) is 5.80. The van der Waals surface area contributed by atoms with Gasteiger partial charge in [0, 0.05) is 34.8 Å². The largest absolute Gasteiger partial charge is 0.507 e. The maximum absolute atomic E-state index is 10.8. The summed E-state index contributed by atoms with van der Waals surface area (Å²) in [6.45, 7) is 1.85. The lowest BCUT2D eigenvalue weighted by molar-refractivity contribution is -0.0235. The lowest BCUT2D eigenvalue weighted by Gasteiger charge is -2.41. The Bertz CT molecular complexity index is 1040. The van der Waals surface area contributed by atoms with Crippen LogP contribution in [-0.2, 0) is 12.8 Å². The summed E-state index contributed by atoms with van der Waals surface area (Å²) in [7, 11) is 0. The van der Waals surface area contributed by atoms with E-state index in [2.05, 4.69) is 26.6 Å². The van der Waals surface area contributed by atoms with Crippen LogP contribution < -0.4 is 5.32 Å². The first-order valence-electron chi connectivity index (χ1n) is 9.45. The zero-order chi connectivity index (χ0) is 18.6. The highest BCUT2D eigenvalue weighted by atomic mass is 16.3. The third kappa shape index (κ3) is 2.72. The van der Waals surface area contributed by atoms with Gasteiger partial charge in [-0.3, -0.25) is 4.98 Å². The van der Waals surface area contributed by atoms with Gasteiger partial charge in [-0.2, -0.15) is 0 Å². The Kier molecular flexibility index (Phi) is 3.59. The smallest absolute Gasteiger partial charge is 0.156 e. The fraction of sp³-hybridized carbons (Fsp3) is 0.381. The van der Waals surface area contributed by atoms with Gasteiger partial charge in [0.25, 0.3) is 0 Å². The molecule has 5 rings (SSSR count). The number of hydrogen-bond acceptors (Lipinski definition) is 6. The SMILES string of the molecule is CC1(O)CC(Nc2nnc(-c3ccc4c(c3O)CCC4)c3cnccc23)C1. The average molecular weight is 362 g/mol. The third-order valence-corrected chi connectivity index (χ3v) is 5.80. The van der Waals surface area contributed by atoms with Crippen molar-refractivity contribution in [2.45, 2.75) is 50.7 Å². The van der Waals surface area contributed by atoms with Crippen molar-refractivity contribution < 1.29 is 10.2 Å². The molecule has 0 spiro atoms. The molecule has 0 saturated heterocycles. The van der Waals surface area contributed by atoms with Crippen molar-refractivity contribution in [3.8, 4) is 17.0 Å².